The van der Waals surface area contributed by atoms with E-state index in [-0.39, 0.29) is 17.4 Å². The van der Waals surface area contributed by atoms with Crippen LogP contribution in [0.3, 0.4) is 0 Å². The molecule has 5 heteroatoms. The van der Waals surface area contributed by atoms with Gasteiger partial charge in [0.15, 0.2) is 0 Å². The molecule has 0 saturated heterocycles. The number of aliphatic imine (C=N–C) groups is 1. The van der Waals surface area contributed by atoms with E-state index in [2.05, 4.69) is 22.2 Å². The third-order valence-corrected chi connectivity index (χ3v) is 4.65. The quantitative estimate of drug-likeness (QED) is 0.734. The van der Waals surface area contributed by atoms with E-state index in [4.69, 9.17) is 0 Å². The number of rotatable bonds is 3. The summed E-state index contributed by atoms with van der Waals surface area (Å²) in [5.41, 5.74) is 4.37. The molecule has 1 aliphatic carbocycles. The lowest BCUT2D eigenvalue weighted by Gasteiger charge is -2.00. The Bertz CT molecular complexity index is 974. The van der Waals surface area contributed by atoms with E-state index in [1.54, 1.807) is 18.3 Å². The molecule has 0 radical (unpaired) electrons. The summed E-state index contributed by atoms with van der Waals surface area (Å²) < 4.78 is 14.5. The molecule has 1 heterocycles. The number of hydrogen-bond acceptors (Lipinski definition) is 2. The van der Waals surface area contributed by atoms with Crippen LogP contribution in [0, 0.1) is 12.7 Å². The highest BCUT2D eigenvalue weighted by Gasteiger charge is 2.20. The first-order chi connectivity index (χ1) is 12.1. The van der Waals surface area contributed by atoms with Crippen molar-refractivity contribution in [1.82, 2.24) is 9.78 Å². The van der Waals surface area contributed by atoms with E-state index < -0.39 is 0 Å². The fourth-order valence-corrected chi connectivity index (χ4v) is 3.30. The molecule has 0 fully saturated rings. The normalized spacial score (nSPS) is 14.3. The summed E-state index contributed by atoms with van der Waals surface area (Å²) in [4.78, 5) is 17.3. The molecule has 0 saturated carbocycles. The zero-order valence-corrected chi connectivity index (χ0v) is 13.9. The van der Waals surface area contributed by atoms with Gasteiger partial charge in [-0.2, -0.15) is 0 Å². The van der Waals surface area contributed by atoms with E-state index in [0.29, 0.717) is 11.3 Å². The smallest absolute Gasteiger partial charge is 0.280 e. The maximum absolute atomic E-state index is 13.1. The van der Waals surface area contributed by atoms with Gasteiger partial charge in [0.1, 0.15) is 5.82 Å². The monoisotopic (exact) mass is 335 g/mol. The van der Waals surface area contributed by atoms with Crippen molar-refractivity contribution in [3.8, 4) is 5.69 Å². The van der Waals surface area contributed by atoms with Gasteiger partial charge >= 0.3 is 0 Å². The Morgan fingerprint density at radius 2 is 1.76 bits per heavy atom. The van der Waals surface area contributed by atoms with Crippen LogP contribution in [0.4, 0.5) is 4.39 Å². The molecule has 0 unspecified atom stereocenters. The Hall–Kier alpha value is -2.95. The van der Waals surface area contributed by atoms with Crippen LogP contribution in [0.15, 0.2) is 58.3 Å². The molecule has 0 bridgehead atoms. The first-order valence-corrected chi connectivity index (χ1v) is 8.29. The maximum atomic E-state index is 13.1. The number of halogens is 1. The van der Waals surface area contributed by atoms with Crippen LogP contribution in [-0.4, -0.2) is 22.0 Å². The predicted molar refractivity (Wildman–Crippen MR) is 96.3 cm³/mol. The van der Waals surface area contributed by atoms with Gasteiger partial charge in [-0.15, -0.1) is 0 Å². The Morgan fingerprint density at radius 1 is 1.12 bits per heavy atom. The summed E-state index contributed by atoms with van der Waals surface area (Å²) >= 11 is 0. The van der Waals surface area contributed by atoms with Gasteiger partial charge in [0.2, 0.25) is 0 Å². The van der Waals surface area contributed by atoms with Crippen LogP contribution < -0.4 is 5.56 Å². The van der Waals surface area contributed by atoms with Crippen molar-refractivity contribution in [1.29, 1.82) is 0 Å². The largest absolute Gasteiger partial charge is 0.295 e. The van der Waals surface area contributed by atoms with E-state index in [9.17, 15) is 9.18 Å². The Morgan fingerprint density at radius 3 is 2.40 bits per heavy atom. The fourth-order valence-electron chi connectivity index (χ4n) is 3.30. The summed E-state index contributed by atoms with van der Waals surface area (Å²) in [7, 11) is 0. The minimum atomic E-state index is -0.331. The van der Waals surface area contributed by atoms with Crippen molar-refractivity contribution in [2.75, 3.05) is 0 Å². The lowest BCUT2D eigenvalue weighted by Crippen LogP contribution is -2.17. The predicted octanol–water partition coefficient (Wildman–Crippen LogP) is 3.20. The van der Waals surface area contributed by atoms with Crippen molar-refractivity contribution >= 4 is 6.21 Å². The number of nitrogens with zero attached hydrogens (tertiary/aromatic N) is 2. The van der Waals surface area contributed by atoms with Gasteiger partial charge in [0.25, 0.3) is 5.56 Å². The van der Waals surface area contributed by atoms with Gasteiger partial charge in [0, 0.05) is 11.9 Å². The molecule has 0 spiro atoms. The third kappa shape index (κ3) is 2.93. The van der Waals surface area contributed by atoms with Gasteiger partial charge in [-0.3, -0.25) is 14.9 Å². The molecule has 1 N–H and O–H groups in total. The number of aromatic amines is 1. The Labute approximate surface area is 144 Å². The van der Waals surface area contributed by atoms with E-state index >= 15 is 0 Å². The number of aromatic nitrogens is 2. The van der Waals surface area contributed by atoms with Crippen LogP contribution in [0.1, 0.15) is 22.4 Å². The first-order valence-electron chi connectivity index (χ1n) is 8.29. The Kier molecular flexibility index (Phi) is 3.84. The number of benzene rings is 2. The van der Waals surface area contributed by atoms with Crippen LogP contribution >= 0.6 is 0 Å². The van der Waals surface area contributed by atoms with Gasteiger partial charge in [-0.1, -0.05) is 24.3 Å². The average molecular weight is 335 g/mol. The van der Waals surface area contributed by atoms with E-state index in [0.717, 1.165) is 18.5 Å². The third-order valence-electron chi connectivity index (χ3n) is 4.65. The molecule has 0 amide bonds. The molecule has 126 valence electrons. The number of hydrogen-bond donors (Lipinski definition) is 1. The Balaban J connectivity index is 1.60. The molecule has 4 nitrogen and oxygen atoms in total. The minimum Gasteiger partial charge on any atom is -0.295 e. The molecule has 2 aromatic carbocycles. The molecule has 0 atom stereocenters. The van der Waals surface area contributed by atoms with Gasteiger partial charge in [-0.25, -0.2) is 9.07 Å². The van der Waals surface area contributed by atoms with Gasteiger partial charge < -0.3 is 0 Å². The SMILES string of the molecule is Cc1[nH]n(-c2ccc(F)cc2)c(=O)c1C=NC1Cc2ccccc2C1. The van der Waals surface area contributed by atoms with Crippen LogP contribution in [-0.2, 0) is 12.8 Å². The van der Waals surface area contributed by atoms with E-state index in [1.165, 1.54) is 27.9 Å². The molecular weight excluding hydrogens is 317 g/mol. The topological polar surface area (TPSA) is 50.1 Å². The summed E-state index contributed by atoms with van der Waals surface area (Å²) in [5.74, 6) is -0.331. The highest BCUT2D eigenvalue weighted by Crippen LogP contribution is 2.23. The zero-order chi connectivity index (χ0) is 17.4. The van der Waals surface area contributed by atoms with Crippen molar-refractivity contribution in [3.63, 3.8) is 0 Å². The lowest BCUT2D eigenvalue weighted by molar-refractivity contribution is 0.627. The molecule has 4 rings (SSSR count). The molecular formula is C20H18FN3O. The molecule has 3 aromatic rings. The summed E-state index contributed by atoms with van der Waals surface area (Å²) in [6, 6.07) is 14.3. The minimum absolute atomic E-state index is 0.172. The van der Waals surface area contributed by atoms with Crippen LogP contribution in [0.25, 0.3) is 5.69 Å². The second-order valence-corrected chi connectivity index (χ2v) is 6.38. The summed E-state index contributed by atoms with van der Waals surface area (Å²) in [6.07, 6.45) is 3.48. The fraction of sp³-hybridized carbons (Fsp3) is 0.200. The second kappa shape index (κ2) is 6.16. The van der Waals surface area contributed by atoms with Crippen molar-refractivity contribution < 1.29 is 4.39 Å². The highest BCUT2D eigenvalue weighted by atomic mass is 19.1. The highest BCUT2D eigenvalue weighted by molar-refractivity contribution is 5.81. The van der Waals surface area contributed by atoms with Crippen molar-refractivity contribution in [3.05, 3.63) is 87.1 Å². The molecule has 1 aromatic heterocycles. The summed E-state index contributed by atoms with van der Waals surface area (Å²) in [5, 5.41) is 3.03. The lowest BCUT2D eigenvalue weighted by atomic mass is 10.1. The average Bonchev–Trinajstić information content (AvgIpc) is 3.14. The number of nitrogens with one attached hydrogen (secondary N) is 1. The second-order valence-electron chi connectivity index (χ2n) is 6.38. The number of fused-ring (bicyclic) bond motifs is 1. The van der Waals surface area contributed by atoms with Crippen molar-refractivity contribution in [2.24, 2.45) is 4.99 Å². The standard InChI is InChI=1S/C20H18FN3O/c1-13-19(12-22-17-10-14-4-2-3-5-15(14)11-17)20(25)24(23-13)18-8-6-16(21)7-9-18/h2-9,12,17,23H,10-11H2,1H3. The molecule has 25 heavy (non-hydrogen) atoms. The molecule has 0 aliphatic heterocycles. The summed E-state index contributed by atoms with van der Waals surface area (Å²) in [6.45, 7) is 1.84. The van der Waals surface area contributed by atoms with Crippen molar-refractivity contribution in [2.45, 2.75) is 25.8 Å². The van der Waals surface area contributed by atoms with Gasteiger partial charge in [-0.05, 0) is 55.2 Å². The van der Waals surface area contributed by atoms with Crippen LogP contribution in [0.5, 0.6) is 0 Å². The van der Waals surface area contributed by atoms with Crippen LogP contribution in [0.2, 0.25) is 0 Å². The van der Waals surface area contributed by atoms with E-state index in [1.807, 2.05) is 19.1 Å². The first kappa shape index (κ1) is 15.6. The maximum Gasteiger partial charge on any atom is 0.280 e. The number of H-pyrrole nitrogens is 1. The molecule has 1 aliphatic rings. The van der Waals surface area contributed by atoms with Gasteiger partial charge in [0.05, 0.1) is 17.3 Å². The zero-order valence-electron chi connectivity index (χ0n) is 13.9. The number of aryl methyl sites for hydroxylation is 1.